The van der Waals surface area contributed by atoms with Crippen LogP contribution in [0, 0.1) is 5.92 Å². The summed E-state index contributed by atoms with van der Waals surface area (Å²) in [5, 5.41) is 5.18. The van der Waals surface area contributed by atoms with Gasteiger partial charge in [-0.25, -0.2) is 5.43 Å². The van der Waals surface area contributed by atoms with E-state index in [1.807, 2.05) is 12.1 Å². The van der Waals surface area contributed by atoms with E-state index >= 15 is 0 Å². The fraction of sp³-hybridized carbons (Fsp3) is 0.364. The Morgan fingerprint density at radius 3 is 2.32 bits per heavy atom. The van der Waals surface area contributed by atoms with Gasteiger partial charge in [0.15, 0.2) is 0 Å². The standard InChI is InChI=1S/C22H23ClN4O/c23-19-9-5-4-8-18(19)21(28)25-24-20-16-12-26-10-11-27(13-16)15-22(20,14-26)17-6-2-1-3-7-17/h1-9,16H,10-15H2,(H,25,28)/b24-20+. The molecule has 1 amide bonds. The third-order valence-electron chi connectivity index (χ3n) is 6.28. The van der Waals surface area contributed by atoms with Crippen LogP contribution in [0.25, 0.3) is 0 Å². The molecule has 6 heteroatoms. The first-order valence-electron chi connectivity index (χ1n) is 9.79. The van der Waals surface area contributed by atoms with Gasteiger partial charge in [0.2, 0.25) is 0 Å². The van der Waals surface area contributed by atoms with Gasteiger partial charge in [0.25, 0.3) is 5.91 Å². The number of rotatable bonds is 3. The van der Waals surface area contributed by atoms with Gasteiger partial charge in [0.05, 0.1) is 21.7 Å². The zero-order valence-electron chi connectivity index (χ0n) is 15.6. The summed E-state index contributed by atoms with van der Waals surface area (Å²) in [5.74, 6) is 0.0743. The van der Waals surface area contributed by atoms with E-state index < -0.39 is 0 Å². The van der Waals surface area contributed by atoms with Gasteiger partial charge >= 0.3 is 0 Å². The minimum Gasteiger partial charge on any atom is -0.300 e. The molecule has 4 aliphatic rings. The predicted octanol–water partition coefficient (Wildman–Crippen LogP) is 2.62. The lowest BCUT2D eigenvalue weighted by Gasteiger charge is -2.50. The molecule has 6 rings (SSSR count). The number of hydrogen-bond acceptors (Lipinski definition) is 4. The van der Waals surface area contributed by atoms with E-state index in [0.717, 1.165) is 45.0 Å². The average Bonchev–Trinajstić information content (AvgIpc) is 2.96. The lowest BCUT2D eigenvalue weighted by atomic mass is 9.66. The van der Waals surface area contributed by atoms with E-state index in [1.54, 1.807) is 12.1 Å². The summed E-state index contributed by atoms with van der Waals surface area (Å²) in [4.78, 5) is 17.8. The van der Waals surface area contributed by atoms with Crippen molar-refractivity contribution in [3.05, 3.63) is 70.7 Å². The number of fused-ring (bicyclic) bond motifs is 1. The van der Waals surface area contributed by atoms with E-state index in [-0.39, 0.29) is 11.3 Å². The molecule has 144 valence electrons. The molecule has 0 radical (unpaired) electrons. The van der Waals surface area contributed by atoms with Crippen LogP contribution in [0.5, 0.6) is 0 Å². The Morgan fingerprint density at radius 1 is 1.00 bits per heavy atom. The molecule has 4 saturated heterocycles. The van der Waals surface area contributed by atoms with Crippen LogP contribution in [0.15, 0.2) is 59.7 Å². The Bertz CT molecular complexity index is 913. The number of hydrazone groups is 1. The van der Waals surface area contributed by atoms with Gasteiger partial charge < -0.3 is 9.80 Å². The highest BCUT2D eigenvalue weighted by Gasteiger charge is 2.53. The fourth-order valence-corrected chi connectivity index (χ4v) is 5.30. The van der Waals surface area contributed by atoms with Crippen LogP contribution in [0.3, 0.4) is 0 Å². The maximum absolute atomic E-state index is 12.7. The number of carbonyl (C=O) groups excluding carboxylic acids is 1. The van der Waals surface area contributed by atoms with Gasteiger partial charge in [0.1, 0.15) is 0 Å². The summed E-state index contributed by atoms with van der Waals surface area (Å²) in [7, 11) is 0. The lowest BCUT2D eigenvalue weighted by Crippen LogP contribution is -2.64. The van der Waals surface area contributed by atoms with E-state index in [9.17, 15) is 4.79 Å². The van der Waals surface area contributed by atoms with Crippen molar-refractivity contribution in [1.82, 2.24) is 15.2 Å². The molecule has 5 nitrogen and oxygen atoms in total. The Balaban J connectivity index is 1.53. The molecule has 28 heavy (non-hydrogen) atoms. The molecular weight excluding hydrogens is 372 g/mol. The summed E-state index contributed by atoms with van der Waals surface area (Å²) in [6, 6.07) is 17.7. The molecule has 4 fully saturated rings. The molecule has 4 bridgehead atoms. The van der Waals surface area contributed by atoms with Gasteiger partial charge in [-0.2, -0.15) is 5.10 Å². The van der Waals surface area contributed by atoms with Crippen LogP contribution in [-0.2, 0) is 5.41 Å². The summed E-state index contributed by atoms with van der Waals surface area (Å²) >= 11 is 6.18. The monoisotopic (exact) mass is 394 g/mol. The zero-order valence-corrected chi connectivity index (χ0v) is 16.4. The van der Waals surface area contributed by atoms with Gasteiger partial charge in [-0.05, 0) is 17.7 Å². The predicted molar refractivity (Wildman–Crippen MR) is 111 cm³/mol. The van der Waals surface area contributed by atoms with Crippen molar-refractivity contribution in [2.45, 2.75) is 5.41 Å². The van der Waals surface area contributed by atoms with Gasteiger partial charge in [0, 0.05) is 45.2 Å². The number of hydrogen-bond donors (Lipinski definition) is 1. The Labute approximate surface area is 170 Å². The second-order valence-corrected chi connectivity index (χ2v) is 8.44. The SMILES string of the molecule is O=C(N/N=C1\C2CN3CCN(C2)CC1(c1ccccc1)C3)c1ccccc1Cl. The first kappa shape index (κ1) is 17.9. The first-order chi connectivity index (χ1) is 13.7. The number of nitrogens with zero attached hydrogens (tertiary/aromatic N) is 3. The highest BCUT2D eigenvalue weighted by Crippen LogP contribution is 2.41. The molecule has 0 aliphatic carbocycles. The Morgan fingerprint density at radius 2 is 1.64 bits per heavy atom. The normalized spacial score (nSPS) is 32.3. The Hall–Kier alpha value is -2.21. The van der Waals surface area contributed by atoms with Gasteiger partial charge in [-0.1, -0.05) is 54.1 Å². The molecule has 4 aliphatic heterocycles. The van der Waals surface area contributed by atoms with Crippen molar-refractivity contribution in [2.24, 2.45) is 11.0 Å². The largest absolute Gasteiger partial charge is 0.300 e. The van der Waals surface area contributed by atoms with Crippen molar-refractivity contribution >= 4 is 23.2 Å². The second kappa shape index (κ2) is 6.99. The number of carbonyl (C=O) groups is 1. The van der Waals surface area contributed by atoms with Gasteiger partial charge in [-0.15, -0.1) is 0 Å². The number of piperidine rings is 2. The Kier molecular flexibility index (Phi) is 4.46. The average molecular weight is 395 g/mol. The quantitative estimate of drug-likeness (QED) is 0.814. The van der Waals surface area contributed by atoms with E-state index in [1.165, 1.54) is 5.56 Å². The molecule has 1 N–H and O–H groups in total. The lowest BCUT2D eigenvalue weighted by molar-refractivity contribution is 0.0952. The summed E-state index contributed by atoms with van der Waals surface area (Å²) in [5.41, 5.74) is 5.48. The highest BCUT2D eigenvalue weighted by molar-refractivity contribution is 6.33. The van der Waals surface area contributed by atoms with Crippen LogP contribution in [0.1, 0.15) is 15.9 Å². The maximum Gasteiger partial charge on any atom is 0.272 e. The van der Waals surface area contributed by atoms with E-state index in [0.29, 0.717) is 16.5 Å². The first-order valence-corrected chi connectivity index (χ1v) is 10.2. The van der Waals surface area contributed by atoms with Crippen LogP contribution < -0.4 is 5.43 Å². The van der Waals surface area contributed by atoms with Crippen molar-refractivity contribution in [2.75, 3.05) is 39.3 Å². The smallest absolute Gasteiger partial charge is 0.272 e. The van der Waals surface area contributed by atoms with Gasteiger partial charge in [-0.3, -0.25) is 4.79 Å². The van der Waals surface area contributed by atoms with Crippen molar-refractivity contribution < 1.29 is 4.79 Å². The topological polar surface area (TPSA) is 47.9 Å². The van der Waals surface area contributed by atoms with Crippen molar-refractivity contribution in [1.29, 1.82) is 0 Å². The molecule has 4 heterocycles. The summed E-state index contributed by atoms with van der Waals surface area (Å²) in [6.07, 6.45) is 0. The minimum absolute atomic E-state index is 0.174. The summed E-state index contributed by atoms with van der Waals surface area (Å²) < 4.78 is 0. The molecule has 2 aromatic rings. The third kappa shape index (κ3) is 2.94. The summed E-state index contributed by atoms with van der Waals surface area (Å²) in [6.45, 7) is 6.11. The molecule has 0 saturated carbocycles. The molecule has 0 aromatic heterocycles. The molecule has 2 atom stereocenters. The van der Waals surface area contributed by atoms with Crippen LogP contribution in [0.2, 0.25) is 5.02 Å². The number of halogens is 1. The maximum atomic E-state index is 12.7. The number of benzene rings is 2. The highest BCUT2D eigenvalue weighted by atomic mass is 35.5. The number of amides is 1. The molecule has 2 unspecified atom stereocenters. The molecular formula is C22H23ClN4O. The van der Waals surface area contributed by atoms with Crippen molar-refractivity contribution in [3.63, 3.8) is 0 Å². The zero-order chi connectivity index (χ0) is 19.1. The van der Waals surface area contributed by atoms with E-state index in [2.05, 4.69) is 45.6 Å². The van der Waals surface area contributed by atoms with Crippen LogP contribution in [0.4, 0.5) is 0 Å². The minimum atomic E-state index is -0.256. The third-order valence-corrected chi connectivity index (χ3v) is 6.61. The van der Waals surface area contributed by atoms with Crippen LogP contribution >= 0.6 is 11.6 Å². The van der Waals surface area contributed by atoms with Crippen molar-refractivity contribution in [3.8, 4) is 0 Å². The van der Waals surface area contributed by atoms with E-state index in [4.69, 9.17) is 16.7 Å². The molecule has 0 spiro atoms. The fourth-order valence-electron chi connectivity index (χ4n) is 5.08. The molecule has 2 aromatic carbocycles. The second-order valence-electron chi connectivity index (χ2n) is 8.03. The number of nitrogens with one attached hydrogen (secondary N) is 1. The van der Waals surface area contributed by atoms with Crippen LogP contribution in [-0.4, -0.2) is 60.7 Å².